The summed E-state index contributed by atoms with van der Waals surface area (Å²) < 4.78 is 5.41. The van der Waals surface area contributed by atoms with Crippen molar-refractivity contribution in [1.29, 1.82) is 0 Å². The summed E-state index contributed by atoms with van der Waals surface area (Å²) in [5.41, 5.74) is 17.3. The van der Waals surface area contributed by atoms with Crippen LogP contribution in [0.3, 0.4) is 0 Å². The lowest BCUT2D eigenvalue weighted by Gasteiger charge is -2.23. The first-order valence-corrected chi connectivity index (χ1v) is 17.4. The van der Waals surface area contributed by atoms with Crippen LogP contribution in [0.2, 0.25) is 0 Å². The van der Waals surface area contributed by atoms with Crippen molar-refractivity contribution in [2.24, 2.45) is 0 Å². The molecule has 56 heavy (non-hydrogen) atoms. The molecule has 0 aliphatic heterocycles. The van der Waals surface area contributed by atoms with Gasteiger partial charge in [-0.3, -0.25) is 39.1 Å². The average Bonchev–Trinajstić information content (AvgIpc) is 3.11. The molecule has 16 heteroatoms. The molecule has 0 saturated carbocycles. The van der Waals surface area contributed by atoms with Crippen molar-refractivity contribution < 1.29 is 44.0 Å². The first kappa shape index (κ1) is 41.9. The van der Waals surface area contributed by atoms with Gasteiger partial charge in [0.2, 0.25) is 0 Å². The highest BCUT2D eigenvalue weighted by Crippen LogP contribution is 2.19. The van der Waals surface area contributed by atoms with E-state index in [9.17, 15) is 39.3 Å². The number of anilines is 2. The number of hydrogen-bond donors (Lipinski definition) is 5. The number of nitrogens with two attached hydrogens (primary N) is 2. The van der Waals surface area contributed by atoms with Crippen LogP contribution in [0.4, 0.5) is 16.2 Å². The number of pyridine rings is 2. The number of ether oxygens (including phenoxy) is 1. The van der Waals surface area contributed by atoms with Crippen molar-refractivity contribution in [2.75, 3.05) is 44.3 Å². The van der Waals surface area contributed by atoms with Crippen LogP contribution in [0.15, 0.2) is 72.8 Å². The number of amides is 1. The fourth-order valence-corrected chi connectivity index (χ4v) is 5.73. The lowest BCUT2D eigenvalue weighted by atomic mass is 10.0. The normalized spacial score (nSPS) is 10.8. The number of carbonyl (C=O) groups is 5. The molecule has 0 fully saturated rings. The molecule has 7 N–H and O–H groups in total. The molecule has 16 nitrogen and oxygen atoms in total. The zero-order chi connectivity index (χ0) is 40.6. The van der Waals surface area contributed by atoms with Gasteiger partial charge in [-0.1, -0.05) is 24.0 Å². The summed E-state index contributed by atoms with van der Waals surface area (Å²) in [7, 11) is 0. The molecular weight excluding hydrogens is 722 g/mol. The van der Waals surface area contributed by atoms with Crippen molar-refractivity contribution in [3.05, 3.63) is 118 Å². The highest BCUT2D eigenvalue weighted by atomic mass is 16.6. The van der Waals surface area contributed by atoms with E-state index in [0.717, 1.165) is 11.1 Å². The Kier molecular flexibility index (Phi) is 15.4. The van der Waals surface area contributed by atoms with Crippen molar-refractivity contribution >= 4 is 41.7 Å². The quantitative estimate of drug-likeness (QED) is 0.0524. The van der Waals surface area contributed by atoms with E-state index in [2.05, 4.69) is 16.8 Å². The third-order valence-corrected chi connectivity index (χ3v) is 7.98. The van der Waals surface area contributed by atoms with Gasteiger partial charge in [-0.2, -0.15) is 0 Å². The molecule has 0 radical (unpaired) electrons. The van der Waals surface area contributed by atoms with Crippen LogP contribution in [0.5, 0.6) is 0 Å². The predicted octanol–water partition coefficient (Wildman–Crippen LogP) is 2.85. The second kappa shape index (κ2) is 20.6. The molecule has 0 unspecified atom stereocenters. The Labute approximate surface area is 323 Å². The fraction of sp³-hybridized carbons (Fsp3) is 0.275. The number of carboxylic acids is 3. The van der Waals surface area contributed by atoms with Gasteiger partial charge in [-0.05, 0) is 85.1 Å². The Morgan fingerprint density at radius 2 is 1.12 bits per heavy atom. The number of benzene rings is 2. The molecule has 4 aromatic rings. The summed E-state index contributed by atoms with van der Waals surface area (Å²) in [6.07, 6.45) is 0.383. The summed E-state index contributed by atoms with van der Waals surface area (Å²) in [6, 6.07) is 21.1. The van der Waals surface area contributed by atoms with Crippen LogP contribution < -0.4 is 11.5 Å². The molecule has 2 heterocycles. The summed E-state index contributed by atoms with van der Waals surface area (Å²) >= 11 is 0. The lowest BCUT2D eigenvalue weighted by Crippen LogP contribution is -2.34. The number of nitrogens with zero attached hydrogens (tertiary/aromatic N) is 5. The van der Waals surface area contributed by atoms with E-state index in [1.165, 1.54) is 14.7 Å². The molecule has 0 bridgehead atoms. The average molecular weight is 766 g/mol. The van der Waals surface area contributed by atoms with Gasteiger partial charge in [0.05, 0.1) is 68.7 Å². The first-order chi connectivity index (χ1) is 26.8. The number of hydrogen-bond acceptors (Lipinski definition) is 12. The number of rotatable bonds is 19. The molecule has 0 spiro atoms. The molecule has 0 saturated heterocycles. The number of nitrogen functional groups attached to an aromatic ring is 2. The molecule has 0 aliphatic rings. The molecule has 4 rings (SSSR count). The largest absolute Gasteiger partial charge is 0.480 e. The molecular formula is C40H43N7O9. The maximum Gasteiger partial charge on any atom is 0.410 e. The smallest absolute Gasteiger partial charge is 0.410 e. The van der Waals surface area contributed by atoms with Crippen LogP contribution in [-0.4, -0.2) is 103 Å². The van der Waals surface area contributed by atoms with Crippen LogP contribution in [0.1, 0.15) is 52.0 Å². The topological polar surface area (TPSA) is 243 Å². The first-order valence-electron chi connectivity index (χ1n) is 17.4. The third-order valence-electron chi connectivity index (χ3n) is 7.98. The minimum absolute atomic E-state index is 0.0375. The maximum atomic E-state index is 13.5. The zero-order valence-electron chi connectivity index (χ0n) is 30.8. The molecule has 2 aromatic carbocycles. The van der Waals surface area contributed by atoms with Gasteiger partial charge in [-0.25, -0.2) is 4.79 Å². The molecule has 292 valence electrons. The number of aliphatic carboxylic acids is 3. The summed E-state index contributed by atoms with van der Waals surface area (Å²) in [4.78, 5) is 73.0. The van der Waals surface area contributed by atoms with E-state index in [1.54, 1.807) is 55.5 Å². The van der Waals surface area contributed by atoms with Crippen molar-refractivity contribution in [1.82, 2.24) is 24.7 Å². The number of carbonyl (C=O) groups excluding carboxylic acids is 2. The van der Waals surface area contributed by atoms with E-state index in [4.69, 9.17) is 21.2 Å². The van der Waals surface area contributed by atoms with E-state index in [-0.39, 0.29) is 39.3 Å². The number of aldehydes is 1. The van der Waals surface area contributed by atoms with Crippen molar-refractivity contribution in [3.8, 4) is 11.8 Å². The minimum atomic E-state index is -1.22. The van der Waals surface area contributed by atoms with Gasteiger partial charge in [0.25, 0.3) is 0 Å². The standard InChI is InChI=1S/C40H43N7O9/c1-2-56-40(55)47(23-36-19-30(15-28-7-11-32(42)12-8-28)18-34(44-36)20-45(13-14-48)24-37(49)50)22-35-17-29(4-3-27-5-9-31(41)10-6-27)16-33(43-35)21-46(25-38(51)52)26-39(53)54/h5-12,14,16-19H,2,13,15,20-26,41-42H2,1H3,(H,49,50)(H,51,52)(H,53,54). The lowest BCUT2D eigenvalue weighted by molar-refractivity contribution is -0.142. The predicted molar refractivity (Wildman–Crippen MR) is 205 cm³/mol. The Bertz CT molecular complexity index is 2060. The number of aromatic nitrogens is 2. The van der Waals surface area contributed by atoms with E-state index in [0.29, 0.717) is 58.0 Å². The van der Waals surface area contributed by atoms with Crippen LogP contribution in [0.25, 0.3) is 0 Å². The SMILES string of the molecule is CCOC(=O)N(Cc1cc(Cc2ccc(N)cc2)cc(CN(CC=O)CC(=O)O)n1)Cc1cc(C#Cc2ccc(N)cc2)cc(CN(CC(=O)O)CC(=O)O)n1. The van der Waals surface area contributed by atoms with E-state index >= 15 is 0 Å². The zero-order valence-corrected chi connectivity index (χ0v) is 30.8. The van der Waals surface area contributed by atoms with Crippen LogP contribution in [0, 0.1) is 11.8 Å². The molecule has 0 atom stereocenters. The minimum Gasteiger partial charge on any atom is -0.480 e. The van der Waals surface area contributed by atoms with Gasteiger partial charge < -0.3 is 36.3 Å². The van der Waals surface area contributed by atoms with E-state index < -0.39 is 43.6 Å². The number of carboxylic acid groups (broad SMARTS) is 3. The molecule has 2 aromatic heterocycles. The Morgan fingerprint density at radius 1 is 0.661 bits per heavy atom. The Hall–Kier alpha value is -6.83. The summed E-state index contributed by atoms with van der Waals surface area (Å²) in [6.45, 7) is -0.221. The van der Waals surface area contributed by atoms with Gasteiger partial charge in [0.15, 0.2) is 0 Å². The van der Waals surface area contributed by atoms with Gasteiger partial charge >= 0.3 is 24.0 Å². The third kappa shape index (κ3) is 14.2. The fourth-order valence-electron chi connectivity index (χ4n) is 5.73. The maximum absolute atomic E-state index is 13.5. The van der Waals surface area contributed by atoms with Crippen LogP contribution >= 0.6 is 0 Å². The Balaban J connectivity index is 1.75. The summed E-state index contributed by atoms with van der Waals surface area (Å²) in [5, 5.41) is 28.3. The summed E-state index contributed by atoms with van der Waals surface area (Å²) in [5.74, 6) is 2.57. The van der Waals surface area contributed by atoms with Crippen molar-refractivity contribution in [2.45, 2.75) is 39.5 Å². The van der Waals surface area contributed by atoms with Crippen LogP contribution in [-0.2, 0) is 56.5 Å². The molecule has 1 amide bonds. The monoisotopic (exact) mass is 765 g/mol. The van der Waals surface area contributed by atoms with E-state index in [1.807, 2.05) is 24.3 Å². The highest BCUT2D eigenvalue weighted by Gasteiger charge is 2.21. The van der Waals surface area contributed by atoms with Crippen molar-refractivity contribution in [3.63, 3.8) is 0 Å². The second-order valence-corrected chi connectivity index (χ2v) is 12.8. The van der Waals surface area contributed by atoms with Gasteiger partial charge in [-0.15, -0.1) is 0 Å². The van der Waals surface area contributed by atoms with Gasteiger partial charge in [0.1, 0.15) is 6.29 Å². The Morgan fingerprint density at radius 3 is 1.66 bits per heavy atom. The second-order valence-electron chi connectivity index (χ2n) is 12.8. The van der Waals surface area contributed by atoms with Gasteiger partial charge in [0, 0.05) is 35.6 Å². The molecule has 0 aliphatic carbocycles. The highest BCUT2D eigenvalue weighted by molar-refractivity contribution is 5.72.